The zero-order chi connectivity index (χ0) is 17.6. The average Bonchev–Trinajstić information content (AvgIpc) is 2.64. The minimum absolute atomic E-state index is 0.0562. The first-order chi connectivity index (χ1) is 12.1. The highest BCUT2D eigenvalue weighted by Crippen LogP contribution is 2.19. The van der Waals surface area contributed by atoms with Crippen molar-refractivity contribution in [2.45, 2.75) is 6.54 Å². The van der Waals surface area contributed by atoms with Gasteiger partial charge in [-0.15, -0.1) is 0 Å². The van der Waals surface area contributed by atoms with Crippen LogP contribution < -0.4 is 15.5 Å². The molecule has 1 aliphatic heterocycles. The first-order valence-corrected chi connectivity index (χ1v) is 8.14. The summed E-state index contributed by atoms with van der Waals surface area (Å²) in [5.41, 5.74) is 0.395. The van der Waals surface area contributed by atoms with Crippen LogP contribution in [0.5, 0.6) is 0 Å². The maximum absolute atomic E-state index is 13.1. The first kappa shape index (κ1) is 17.4. The molecule has 0 saturated carbocycles. The van der Waals surface area contributed by atoms with Gasteiger partial charge in [0.2, 0.25) is 0 Å². The number of nitrogens with one attached hydrogen (secondary N) is 2. The van der Waals surface area contributed by atoms with Gasteiger partial charge in [-0.1, -0.05) is 11.6 Å². The molecule has 1 aromatic heterocycles. The van der Waals surface area contributed by atoms with Gasteiger partial charge in [-0.3, -0.25) is 0 Å². The van der Waals surface area contributed by atoms with Crippen LogP contribution in [-0.2, 0) is 11.3 Å². The molecule has 1 fully saturated rings. The Kier molecular flexibility index (Phi) is 5.62. The van der Waals surface area contributed by atoms with E-state index in [1.165, 1.54) is 18.2 Å². The molecule has 2 heterocycles. The fourth-order valence-corrected chi connectivity index (χ4v) is 2.53. The predicted molar refractivity (Wildman–Crippen MR) is 92.3 cm³/mol. The molecule has 0 radical (unpaired) electrons. The minimum atomic E-state index is -0.541. The van der Waals surface area contributed by atoms with Crippen LogP contribution in [0, 0.1) is 5.82 Å². The number of hydrogen-bond donors (Lipinski definition) is 2. The fourth-order valence-electron chi connectivity index (χ4n) is 2.35. The van der Waals surface area contributed by atoms with Crippen LogP contribution in [-0.4, -0.2) is 42.3 Å². The van der Waals surface area contributed by atoms with Gasteiger partial charge in [0.1, 0.15) is 17.5 Å². The molecule has 0 aliphatic carbocycles. The van der Waals surface area contributed by atoms with Gasteiger partial charge in [0.15, 0.2) is 0 Å². The summed E-state index contributed by atoms with van der Waals surface area (Å²) in [5, 5.41) is 5.17. The van der Waals surface area contributed by atoms with Gasteiger partial charge in [-0.2, -0.15) is 0 Å². The van der Waals surface area contributed by atoms with Crippen molar-refractivity contribution in [2.24, 2.45) is 0 Å². The van der Waals surface area contributed by atoms with E-state index in [0.29, 0.717) is 24.7 Å². The Morgan fingerprint density at radius 1 is 1.32 bits per heavy atom. The number of benzene rings is 1. The van der Waals surface area contributed by atoms with Gasteiger partial charge in [-0.25, -0.2) is 19.2 Å². The first-order valence-electron chi connectivity index (χ1n) is 7.76. The molecule has 1 aromatic carbocycles. The molecule has 1 aliphatic rings. The van der Waals surface area contributed by atoms with Crippen LogP contribution in [0.15, 0.2) is 30.5 Å². The lowest BCUT2D eigenvalue weighted by molar-refractivity contribution is 0.122. The maximum atomic E-state index is 13.1. The third-order valence-electron chi connectivity index (χ3n) is 3.61. The molecule has 2 aromatic rings. The zero-order valence-electron chi connectivity index (χ0n) is 13.3. The van der Waals surface area contributed by atoms with Crippen LogP contribution >= 0.6 is 11.6 Å². The van der Waals surface area contributed by atoms with Crippen molar-refractivity contribution in [1.82, 2.24) is 15.3 Å². The topological polar surface area (TPSA) is 79.4 Å². The molecule has 2 N–H and O–H groups in total. The number of rotatable bonds is 4. The Bertz CT molecular complexity index is 755. The number of anilines is 2. The molecule has 7 nitrogen and oxygen atoms in total. The zero-order valence-corrected chi connectivity index (χ0v) is 14.1. The molecule has 25 heavy (non-hydrogen) atoms. The molecule has 0 spiro atoms. The highest BCUT2D eigenvalue weighted by Gasteiger charge is 2.13. The van der Waals surface area contributed by atoms with E-state index in [1.54, 1.807) is 6.20 Å². The summed E-state index contributed by atoms with van der Waals surface area (Å²) in [6.45, 7) is 3.05. The predicted octanol–water partition coefficient (Wildman–Crippen LogP) is 2.43. The van der Waals surface area contributed by atoms with Crippen LogP contribution in [0.2, 0.25) is 5.02 Å². The summed E-state index contributed by atoms with van der Waals surface area (Å²) >= 11 is 5.68. The number of urea groups is 1. The van der Waals surface area contributed by atoms with Gasteiger partial charge in [0.05, 0.1) is 24.8 Å². The van der Waals surface area contributed by atoms with E-state index in [2.05, 4.69) is 25.5 Å². The van der Waals surface area contributed by atoms with Crippen molar-refractivity contribution in [3.63, 3.8) is 0 Å². The summed E-state index contributed by atoms with van der Waals surface area (Å²) in [6, 6.07) is 5.33. The van der Waals surface area contributed by atoms with Crippen molar-refractivity contribution in [1.29, 1.82) is 0 Å². The van der Waals surface area contributed by atoms with Gasteiger partial charge in [0.25, 0.3) is 0 Å². The second-order valence-electron chi connectivity index (χ2n) is 5.37. The number of ether oxygens (including phenoxy) is 1. The number of carbonyl (C=O) groups is 1. The van der Waals surface area contributed by atoms with E-state index in [1.807, 2.05) is 6.07 Å². The molecule has 3 rings (SSSR count). The number of carbonyl (C=O) groups excluding carboxylic acids is 1. The molecule has 132 valence electrons. The van der Waals surface area contributed by atoms with Crippen LogP contribution in [0.1, 0.15) is 5.82 Å². The Morgan fingerprint density at radius 3 is 2.88 bits per heavy atom. The summed E-state index contributed by atoms with van der Waals surface area (Å²) in [7, 11) is 0. The quantitative estimate of drug-likeness (QED) is 0.870. The molecule has 2 amide bonds. The van der Waals surface area contributed by atoms with Crippen LogP contribution in [0.25, 0.3) is 0 Å². The van der Waals surface area contributed by atoms with Gasteiger partial charge in [-0.05, 0) is 24.3 Å². The Balaban J connectivity index is 1.55. The number of morpholine rings is 1. The van der Waals surface area contributed by atoms with Crippen molar-refractivity contribution in [3.8, 4) is 0 Å². The average molecular weight is 366 g/mol. The summed E-state index contributed by atoms with van der Waals surface area (Å²) < 4.78 is 18.4. The van der Waals surface area contributed by atoms with E-state index >= 15 is 0 Å². The molecule has 0 unspecified atom stereocenters. The standard InChI is InChI=1S/C16H17ClFN5O2/c17-12-9-11(1-2-13(12)18)21-16(24)20-10-14-19-4-3-15(22-14)23-5-7-25-8-6-23/h1-4,9H,5-8,10H2,(H2,20,21,24). The Morgan fingerprint density at radius 2 is 2.12 bits per heavy atom. The van der Waals surface area contributed by atoms with Crippen LogP contribution in [0.4, 0.5) is 20.7 Å². The second kappa shape index (κ2) is 8.09. The molecular weight excluding hydrogens is 349 g/mol. The Labute approximate surface area is 149 Å². The lowest BCUT2D eigenvalue weighted by atomic mass is 10.3. The third-order valence-corrected chi connectivity index (χ3v) is 3.90. The van der Waals surface area contributed by atoms with E-state index < -0.39 is 11.8 Å². The van der Waals surface area contributed by atoms with E-state index in [4.69, 9.17) is 16.3 Å². The number of nitrogens with zero attached hydrogens (tertiary/aromatic N) is 3. The molecule has 1 saturated heterocycles. The van der Waals surface area contributed by atoms with E-state index in [-0.39, 0.29) is 11.6 Å². The lowest BCUT2D eigenvalue weighted by Gasteiger charge is -2.27. The molecule has 0 bridgehead atoms. The van der Waals surface area contributed by atoms with Crippen molar-refractivity contribution in [3.05, 3.63) is 47.1 Å². The highest BCUT2D eigenvalue weighted by molar-refractivity contribution is 6.31. The lowest BCUT2D eigenvalue weighted by Crippen LogP contribution is -2.37. The SMILES string of the molecule is O=C(NCc1nccc(N2CCOCC2)n1)Nc1ccc(F)c(Cl)c1. The van der Waals surface area contributed by atoms with E-state index in [9.17, 15) is 9.18 Å². The second-order valence-corrected chi connectivity index (χ2v) is 5.77. The monoisotopic (exact) mass is 365 g/mol. The van der Waals surface area contributed by atoms with E-state index in [0.717, 1.165) is 18.9 Å². The van der Waals surface area contributed by atoms with Crippen LogP contribution in [0.3, 0.4) is 0 Å². The molecule has 9 heteroatoms. The molecular formula is C16H17ClFN5O2. The largest absolute Gasteiger partial charge is 0.378 e. The Hall–Kier alpha value is -2.45. The summed E-state index contributed by atoms with van der Waals surface area (Å²) in [4.78, 5) is 22.6. The number of amides is 2. The van der Waals surface area contributed by atoms with Crippen molar-refractivity contribution < 1.29 is 13.9 Å². The van der Waals surface area contributed by atoms with Gasteiger partial charge >= 0.3 is 6.03 Å². The third kappa shape index (κ3) is 4.77. The number of hydrogen-bond acceptors (Lipinski definition) is 5. The maximum Gasteiger partial charge on any atom is 0.319 e. The summed E-state index contributed by atoms with van der Waals surface area (Å²) in [6.07, 6.45) is 1.66. The van der Waals surface area contributed by atoms with Gasteiger partial charge < -0.3 is 20.3 Å². The highest BCUT2D eigenvalue weighted by atomic mass is 35.5. The smallest absolute Gasteiger partial charge is 0.319 e. The number of halogens is 2. The van der Waals surface area contributed by atoms with Crippen molar-refractivity contribution in [2.75, 3.05) is 36.5 Å². The minimum Gasteiger partial charge on any atom is -0.378 e. The van der Waals surface area contributed by atoms with Gasteiger partial charge in [0, 0.05) is 25.0 Å². The summed E-state index contributed by atoms with van der Waals surface area (Å²) in [5.74, 6) is 0.762. The number of aromatic nitrogens is 2. The normalized spacial score (nSPS) is 14.2. The fraction of sp³-hybridized carbons (Fsp3) is 0.312. The molecule has 0 atom stereocenters. The van der Waals surface area contributed by atoms with Crippen molar-refractivity contribution >= 4 is 29.1 Å².